The highest BCUT2D eigenvalue weighted by atomic mass is 32.2. The number of hydrogen-bond donors (Lipinski definition) is 2. The number of sulfonamides is 1. The Morgan fingerprint density at radius 1 is 1.50 bits per heavy atom. The van der Waals surface area contributed by atoms with Gasteiger partial charge in [-0.25, -0.2) is 13.1 Å². The lowest BCUT2D eigenvalue weighted by molar-refractivity contribution is -0.122. The molecule has 1 aliphatic rings. The number of rotatable bonds is 6. The first-order valence-corrected chi connectivity index (χ1v) is 7.23. The van der Waals surface area contributed by atoms with E-state index in [4.69, 9.17) is 0 Å². The number of nitrogens with one attached hydrogen (secondary N) is 2. The maximum Gasteiger partial charge on any atom is 0.243 e. The first-order valence-electron chi connectivity index (χ1n) is 5.75. The highest BCUT2D eigenvalue weighted by Gasteiger charge is 2.29. The van der Waals surface area contributed by atoms with Crippen LogP contribution in [0.3, 0.4) is 0 Å². The van der Waals surface area contributed by atoms with Crippen molar-refractivity contribution in [2.45, 2.75) is 17.7 Å². The van der Waals surface area contributed by atoms with Crippen molar-refractivity contribution in [1.82, 2.24) is 19.8 Å². The molecule has 100 valence electrons. The van der Waals surface area contributed by atoms with Crippen molar-refractivity contribution in [2.24, 2.45) is 13.0 Å². The Morgan fingerprint density at radius 2 is 2.22 bits per heavy atom. The zero-order chi connectivity index (χ0) is 13.2. The van der Waals surface area contributed by atoms with E-state index in [0.29, 0.717) is 6.54 Å². The van der Waals surface area contributed by atoms with E-state index in [1.807, 2.05) is 0 Å². The SMILES string of the molecule is Cn1cc(S(=O)(=O)NCCNC(=O)C2CC2)cn1. The summed E-state index contributed by atoms with van der Waals surface area (Å²) in [6.45, 7) is 0.477. The highest BCUT2D eigenvalue weighted by Crippen LogP contribution is 2.28. The van der Waals surface area contributed by atoms with E-state index in [2.05, 4.69) is 15.1 Å². The zero-order valence-electron chi connectivity index (χ0n) is 10.1. The van der Waals surface area contributed by atoms with Gasteiger partial charge >= 0.3 is 0 Å². The van der Waals surface area contributed by atoms with Gasteiger partial charge in [0.25, 0.3) is 0 Å². The number of nitrogens with zero attached hydrogens (tertiary/aromatic N) is 2. The molecule has 7 nitrogen and oxygen atoms in total. The summed E-state index contributed by atoms with van der Waals surface area (Å²) < 4.78 is 27.3. The Labute approximate surface area is 106 Å². The Hall–Kier alpha value is -1.41. The maximum atomic E-state index is 11.8. The summed E-state index contributed by atoms with van der Waals surface area (Å²) in [5, 5.41) is 6.49. The van der Waals surface area contributed by atoms with Crippen LogP contribution in [-0.4, -0.2) is 37.2 Å². The Bertz CT molecular complexity index is 533. The quantitative estimate of drug-likeness (QED) is 0.665. The molecule has 0 atom stereocenters. The second-order valence-electron chi connectivity index (χ2n) is 4.31. The average molecular weight is 272 g/mol. The number of aryl methyl sites for hydroxylation is 1. The van der Waals surface area contributed by atoms with E-state index >= 15 is 0 Å². The minimum atomic E-state index is -3.53. The van der Waals surface area contributed by atoms with Crippen LogP contribution in [0, 0.1) is 5.92 Å². The predicted molar refractivity (Wildman–Crippen MR) is 64.1 cm³/mol. The molecule has 2 rings (SSSR count). The maximum absolute atomic E-state index is 11.8. The lowest BCUT2D eigenvalue weighted by Crippen LogP contribution is -2.35. The molecule has 0 unspecified atom stereocenters. The lowest BCUT2D eigenvalue weighted by atomic mass is 10.4. The number of amides is 1. The van der Waals surface area contributed by atoms with Crippen LogP contribution in [0.25, 0.3) is 0 Å². The van der Waals surface area contributed by atoms with Crippen LogP contribution in [0.1, 0.15) is 12.8 Å². The van der Waals surface area contributed by atoms with E-state index < -0.39 is 10.0 Å². The van der Waals surface area contributed by atoms with Crippen LogP contribution >= 0.6 is 0 Å². The Balaban J connectivity index is 1.76. The number of aromatic nitrogens is 2. The molecule has 0 spiro atoms. The highest BCUT2D eigenvalue weighted by molar-refractivity contribution is 7.89. The van der Waals surface area contributed by atoms with Gasteiger partial charge < -0.3 is 5.32 Å². The Morgan fingerprint density at radius 3 is 2.78 bits per heavy atom. The molecule has 0 aromatic carbocycles. The van der Waals surface area contributed by atoms with Crippen molar-refractivity contribution in [3.05, 3.63) is 12.4 Å². The fraction of sp³-hybridized carbons (Fsp3) is 0.600. The summed E-state index contributed by atoms with van der Waals surface area (Å²) in [5.41, 5.74) is 0. The molecule has 0 saturated heterocycles. The van der Waals surface area contributed by atoms with Crippen LogP contribution in [0.2, 0.25) is 0 Å². The van der Waals surface area contributed by atoms with Gasteiger partial charge in [0.05, 0.1) is 6.20 Å². The van der Waals surface area contributed by atoms with Gasteiger partial charge in [-0.1, -0.05) is 0 Å². The molecule has 0 aliphatic heterocycles. The predicted octanol–water partition coefficient (Wildman–Crippen LogP) is -0.775. The van der Waals surface area contributed by atoms with Crippen molar-refractivity contribution in [3.63, 3.8) is 0 Å². The minimum Gasteiger partial charge on any atom is -0.355 e. The van der Waals surface area contributed by atoms with Gasteiger partial charge in [0, 0.05) is 32.3 Å². The molecule has 1 saturated carbocycles. The van der Waals surface area contributed by atoms with E-state index in [0.717, 1.165) is 12.8 Å². The van der Waals surface area contributed by atoms with Gasteiger partial charge in [-0.2, -0.15) is 5.10 Å². The van der Waals surface area contributed by atoms with Crippen LogP contribution < -0.4 is 10.0 Å². The van der Waals surface area contributed by atoms with E-state index in [1.54, 1.807) is 7.05 Å². The molecule has 1 amide bonds. The first kappa shape index (κ1) is 13.0. The third-order valence-corrected chi connectivity index (χ3v) is 4.07. The molecule has 18 heavy (non-hydrogen) atoms. The second kappa shape index (κ2) is 5.07. The van der Waals surface area contributed by atoms with Crippen LogP contribution in [0.15, 0.2) is 17.3 Å². The van der Waals surface area contributed by atoms with Crippen molar-refractivity contribution < 1.29 is 13.2 Å². The van der Waals surface area contributed by atoms with Gasteiger partial charge in [0.2, 0.25) is 15.9 Å². The topological polar surface area (TPSA) is 93.1 Å². The summed E-state index contributed by atoms with van der Waals surface area (Å²) in [7, 11) is -1.88. The summed E-state index contributed by atoms with van der Waals surface area (Å²) in [4.78, 5) is 11.4. The van der Waals surface area contributed by atoms with Crippen molar-refractivity contribution in [3.8, 4) is 0 Å². The van der Waals surface area contributed by atoms with E-state index in [-0.39, 0.29) is 23.3 Å². The summed E-state index contributed by atoms with van der Waals surface area (Å²) >= 11 is 0. The Kier molecular flexibility index (Phi) is 3.67. The van der Waals surface area contributed by atoms with Crippen LogP contribution in [0.5, 0.6) is 0 Å². The average Bonchev–Trinajstić information content (AvgIpc) is 3.07. The van der Waals surface area contributed by atoms with Crippen LogP contribution in [0.4, 0.5) is 0 Å². The molecule has 1 aliphatic carbocycles. The fourth-order valence-corrected chi connectivity index (χ4v) is 2.50. The molecule has 2 N–H and O–H groups in total. The summed E-state index contributed by atoms with van der Waals surface area (Å²) in [6.07, 6.45) is 4.58. The van der Waals surface area contributed by atoms with Crippen LogP contribution in [-0.2, 0) is 21.9 Å². The monoisotopic (exact) mass is 272 g/mol. The molecular formula is C10H16N4O3S. The molecule has 1 heterocycles. The normalized spacial score (nSPS) is 15.6. The van der Waals surface area contributed by atoms with Crippen molar-refractivity contribution in [2.75, 3.05) is 13.1 Å². The molecule has 1 aromatic rings. The molecule has 1 fully saturated rings. The summed E-state index contributed by atoms with van der Waals surface area (Å²) in [5.74, 6) is 0.149. The fourth-order valence-electron chi connectivity index (χ4n) is 1.48. The summed E-state index contributed by atoms with van der Waals surface area (Å²) in [6, 6.07) is 0. The van der Waals surface area contributed by atoms with Gasteiger partial charge in [0.1, 0.15) is 4.90 Å². The van der Waals surface area contributed by atoms with Crippen molar-refractivity contribution in [1.29, 1.82) is 0 Å². The minimum absolute atomic E-state index is 0.00979. The van der Waals surface area contributed by atoms with Gasteiger partial charge in [-0.3, -0.25) is 9.48 Å². The third-order valence-electron chi connectivity index (χ3n) is 2.66. The first-order chi connectivity index (χ1) is 8.49. The van der Waals surface area contributed by atoms with E-state index in [1.165, 1.54) is 17.1 Å². The zero-order valence-corrected chi connectivity index (χ0v) is 10.9. The van der Waals surface area contributed by atoms with E-state index in [9.17, 15) is 13.2 Å². The smallest absolute Gasteiger partial charge is 0.243 e. The number of carbonyl (C=O) groups is 1. The molecular weight excluding hydrogens is 256 g/mol. The number of hydrogen-bond acceptors (Lipinski definition) is 4. The third kappa shape index (κ3) is 3.30. The number of carbonyl (C=O) groups excluding carboxylic acids is 1. The largest absolute Gasteiger partial charge is 0.355 e. The molecule has 1 aromatic heterocycles. The lowest BCUT2D eigenvalue weighted by Gasteiger charge is -2.06. The second-order valence-corrected chi connectivity index (χ2v) is 6.08. The molecule has 0 bridgehead atoms. The van der Waals surface area contributed by atoms with Gasteiger partial charge in [-0.15, -0.1) is 0 Å². The van der Waals surface area contributed by atoms with Crippen molar-refractivity contribution >= 4 is 15.9 Å². The standard InChI is InChI=1S/C10H16N4O3S/c1-14-7-9(6-12-14)18(16,17)13-5-4-11-10(15)8-2-3-8/h6-8,13H,2-5H2,1H3,(H,11,15). The molecule has 0 radical (unpaired) electrons. The van der Waals surface area contributed by atoms with Gasteiger partial charge in [-0.05, 0) is 12.8 Å². The molecule has 8 heteroatoms. The van der Waals surface area contributed by atoms with Gasteiger partial charge in [0.15, 0.2) is 0 Å².